The number of nitrogens with zero attached hydrogens (tertiary/aromatic N) is 4. The van der Waals surface area contributed by atoms with Crippen molar-refractivity contribution < 1.29 is 0 Å². The summed E-state index contributed by atoms with van der Waals surface area (Å²) in [7, 11) is 0. The summed E-state index contributed by atoms with van der Waals surface area (Å²) in [5, 5.41) is 6.64. The Kier molecular flexibility index (Phi) is 4.91. The van der Waals surface area contributed by atoms with Gasteiger partial charge in [-0.25, -0.2) is 13.1 Å². The van der Waals surface area contributed by atoms with Gasteiger partial charge < -0.3 is 5.32 Å². The Morgan fingerprint density at radius 2 is 2.12 bits per heavy atom. The third kappa shape index (κ3) is 3.52. The van der Waals surface area contributed by atoms with Crippen LogP contribution in [0, 0.1) is 0 Å². The second kappa shape index (κ2) is 7.28. The van der Waals surface area contributed by atoms with Gasteiger partial charge in [-0.15, -0.1) is 11.3 Å². The zero-order valence-electron chi connectivity index (χ0n) is 13.2. The van der Waals surface area contributed by atoms with Gasteiger partial charge in [-0.1, -0.05) is 6.07 Å². The van der Waals surface area contributed by atoms with E-state index in [2.05, 4.69) is 53.8 Å². The number of halogens is 1. The molecule has 24 heavy (non-hydrogen) atoms. The molecule has 7 heteroatoms. The van der Waals surface area contributed by atoms with E-state index in [1.807, 2.05) is 12.3 Å². The molecule has 3 aromatic rings. The number of pyridine rings is 1. The number of hydrogen-bond acceptors (Lipinski definition) is 6. The molecule has 0 atom stereocenters. The van der Waals surface area contributed by atoms with E-state index in [0.717, 1.165) is 55.0 Å². The molecule has 1 fully saturated rings. The summed E-state index contributed by atoms with van der Waals surface area (Å²) >= 11 is 4.15. The fourth-order valence-electron chi connectivity index (χ4n) is 3.01. The molecule has 0 radical (unpaired) electrons. The van der Waals surface area contributed by atoms with Crippen LogP contribution in [-0.4, -0.2) is 31.2 Å². The fraction of sp³-hybridized carbons (Fsp3) is 0.353. The van der Waals surface area contributed by atoms with E-state index < -0.39 is 0 Å². The third-order valence-corrected chi connectivity index (χ3v) is 6.17. The number of nitrogens with one attached hydrogen (secondary N) is 1. The largest absolute Gasteiger partial charge is 0.365 e. The molecule has 1 N–H and O–H groups in total. The quantitative estimate of drug-likeness (QED) is 0.476. The van der Waals surface area contributed by atoms with Gasteiger partial charge in [0.25, 0.3) is 0 Å². The van der Waals surface area contributed by atoms with Gasteiger partial charge >= 0.3 is 0 Å². The second-order valence-corrected chi connectivity index (χ2v) is 8.34. The second-order valence-electron chi connectivity index (χ2n) is 5.94. The zero-order chi connectivity index (χ0) is 16.4. The van der Waals surface area contributed by atoms with E-state index in [4.69, 9.17) is 9.97 Å². The van der Waals surface area contributed by atoms with Crippen LogP contribution in [0.5, 0.6) is 0 Å². The maximum absolute atomic E-state index is 4.88. The van der Waals surface area contributed by atoms with Crippen LogP contribution in [0.15, 0.2) is 36.0 Å². The van der Waals surface area contributed by atoms with E-state index in [1.165, 1.54) is 4.88 Å². The van der Waals surface area contributed by atoms with Crippen molar-refractivity contribution in [3.05, 3.63) is 46.7 Å². The van der Waals surface area contributed by atoms with Gasteiger partial charge in [0.05, 0.1) is 18.3 Å². The predicted octanol–water partition coefficient (Wildman–Crippen LogP) is 4.23. The zero-order valence-corrected chi connectivity index (χ0v) is 16.1. The number of piperidine rings is 1. The number of fused-ring (bicyclic) bond motifs is 1. The molecule has 0 aliphatic carbocycles. The van der Waals surface area contributed by atoms with Crippen LogP contribution < -0.4 is 5.32 Å². The first-order valence-corrected chi connectivity index (χ1v) is 9.92. The molecule has 4 rings (SSSR count). The van der Waals surface area contributed by atoms with Crippen molar-refractivity contribution in [1.29, 1.82) is 0 Å². The van der Waals surface area contributed by atoms with Gasteiger partial charge in [-0.05, 0) is 30.4 Å². The molecule has 5 nitrogen and oxygen atoms in total. The number of hydrogen-bond donors (Lipinski definition) is 1. The summed E-state index contributed by atoms with van der Waals surface area (Å²) in [5.74, 6) is 2.30. The molecular weight excluding hydrogens is 433 g/mol. The van der Waals surface area contributed by atoms with Crippen molar-refractivity contribution in [3.8, 4) is 0 Å². The lowest BCUT2D eigenvalue weighted by Gasteiger charge is -2.26. The molecule has 1 aliphatic rings. The van der Waals surface area contributed by atoms with Crippen molar-refractivity contribution in [2.24, 2.45) is 0 Å². The monoisotopic (exact) mass is 451 g/mol. The average Bonchev–Trinajstić information content (AvgIpc) is 3.13. The Morgan fingerprint density at radius 1 is 1.25 bits per heavy atom. The SMILES string of the molecule is IN1CCC(c2nc(NCc3cccs3)c3ccncc3n2)CC1. The molecule has 1 aliphatic heterocycles. The minimum absolute atomic E-state index is 0.433. The van der Waals surface area contributed by atoms with E-state index in [0.29, 0.717) is 5.92 Å². The molecule has 3 aromatic heterocycles. The summed E-state index contributed by atoms with van der Waals surface area (Å²) in [4.78, 5) is 15.2. The number of aromatic nitrogens is 3. The van der Waals surface area contributed by atoms with Crippen molar-refractivity contribution in [2.75, 3.05) is 18.4 Å². The van der Waals surface area contributed by atoms with E-state index in [9.17, 15) is 0 Å². The molecule has 0 bridgehead atoms. The Bertz CT molecular complexity index is 815. The lowest BCUT2D eigenvalue weighted by molar-refractivity contribution is 0.360. The molecule has 0 spiro atoms. The van der Waals surface area contributed by atoms with Crippen LogP contribution in [-0.2, 0) is 6.54 Å². The van der Waals surface area contributed by atoms with Gasteiger partial charge in [-0.3, -0.25) is 4.98 Å². The molecule has 124 valence electrons. The molecule has 4 heterocycles. The van der Waals surface area contributed by atoms with Gasteiger partial charge in [0.1, 0.15) is 11.6 Å². The first kappa shape index (κ1) is 16.2. The summed E-state index contributed by atoms with van der Waals surface area (Å²) in [6, 6.07) is 6.20. The molecule has 0 aromatic carbocycles. The third-order valence-electron chi connectivity index (χ3n) is 4.33. The van der Waals surface area contributed by atoms with E-state index >= 15 is 0 Å². The van der Waals surface area contributed by atoms with Crippen LogP contribution >= 0.6 is 34.2 Å². The summed E-state index contributed by atoms with van der Waals surface area (Å²) in [5.41, 5.74) is 0.924. The standard InChI is InChI=1S/C17H18IN5S/c18-23-7-4-12(5-8-23)16-21-15-11-19-6-3-14(15)17(22-16)20-10-13-2-1-9-24-13/h1-3,6,9,11-12H,4-5,7-8,10H2,(H,20,21,22). The maximum atomic E-state index is 4.88. The topological polar surface area (TPSA) is 53.9 Å². The highest BCUT2D eigenvalue weighted by Crippen LogP contribution is 2.30. The van der Waals surface area contributed by atoms with Gasteiger partial charge in [0.15, 0.2) is 0 Å². The fourth-order valence-corrected chi connectivity index (χ4v) is 4.21. The minimum Gasteiger partial charge on any atom is -0.365 e. The predicted molar refractivity (Wildman–Crippen MR) is 107 cm³/mol. The van der Waals surface area contributed by atoms with Crippen LogP contribution in [0.25, 0.3) is 10.9 Å². The Hall–Kier alpha value is -1.32. The van der Waals surface area contributed by atoms with Gasteiger partial charge in [-0.2, -0.15) is 0 Å². The first-order valence-electron chi connectivity index (χ1n) is 8.08. The van der Waals surface area contributed by atoms with Gasteiger partial charge in [0.2, 0.25) is 0 Å². The lowest BCUT2D eigenvalue weighted by atomic mass is 9.97. The highest BCUT2D eigenvalue weighted by molar-refractivity contribution is 14.1. The van der Waals surface area contributed by atoms with Crippen molar-refractivity contribution in [1.82, 2.24) is 18.1 Å². The Morgan fingerprint density at radius 3 is 2.92 bits per heavy atom. The Balaban J connectivity index is 1.65. The first-order chi connectivity index (χ1) is 11.8. The summed E-state index contributed by atoms with van der Waals surface area (Å²) < 4.78 is 2.34. The average molecular weight is 451 g/mol. The van der Waals surface area contributed by atoms with Crippen molar-refractivity contribution in [3.63, 3.8) is 0 Å². The smallest absolute Gasteiger partial charge is 0.138 e. The number of anilines is 1. The molecular formula is C17H18IN5S. The van der Waals surface area contributed by atoms with E-state index in [-0.39, 0.29) is 0 Å². The van der Waals surface area contributed by atoms with E-state index in [1.54, 1.807) is 17.5 Å². The molecule has 1 saturated heterocycles. The summed E-state index contributed by atoms with van der Waals surface area (Å²) in [6.07, 6.45) is 5.86. The Labute approximate surface area is 159 Å². The van der Waals surface area contributed by atoms with Crippen LogP contribution in [0.1, 0.15) is 29.5 Å². The van der Waals surface area contributed by atoms with Gasteiger partial charge in [0, 0.05) is 58.3 Å². The number of rotatable bonds is 4. The van der Waals surface area contributed by atoms with Crippen LogP contribution in [0.2, 0.25) is 0 Å². The lowest BCUT2D eigenvalue weighted by Crippen LogP contribution is -2.26. The minimum atomic E-state index is 0.433. The van der Waals surface area contributed by atoms with Crippen LogP contribution in [0.3, 0.4) is 0 Å². The van der Waals surface area contributed by atoms with Crippen molar-refractivity contribution >= 4 is 50.9 Å². The molecule has 0 unspecified atom stereocenters. The molecule has 0 saturated carbocycles. The highest BCUT2D eigenvalue weighted by Gasteiger charge is 2.22. The van der Waals surface area contributed by atoms with Crippen LogP contribution in [0.4, 0.5) is 5.82 Å². The van der Waals surface area contributed by atoms with Crippen molar-refractivity contribution in [2.45, 2.75) is 25.3 Å². The highest BCUT2D eigenvalue weighted by atomic mass is 127. The normalized spacial score (nSPS) is 16.5. The maximum Gasteiger partial charge on any atom is 0.138 e. The molecule has 0 amide bonds. The summed E-state index contributed by atoms with van der Waals surface area (Å²) in [6.45, 7) is 2.98. The number of thiophene rings is 1.